The molecular formula is C52H22. The normalized spacial score (nSPS) is 7.29. The summed E-state index contributed by atoms with van der Waals surface area (Å²) in [7, 11) is 0. The molecule has 0 N–H and O–H groups in total. The van der Waals surface area contributed by atoms with E-state index in [2.05, 4.69) is 172 Å². The van der Waals surface area contributed by atoms with Crippen LogP contribution in [-0.4, -0.2) is 0 Å². The van der Waals surface area contributed by atoms with Crippen molar-refractivity contribution in [2.75, 3.05) is 0 Å². The van der Waals surface area contributed by atoms with Crippen LogP contribution in [0.2, 0.25) is 0 Å². The van der Waals surface area contributed by atoms with E-state index in [1.807, 2.05) is 19.9 Å². The van der Waals surface area contributed by atoms with E-state index in [1.165, 1.54) is 0 Å². The summed E-state index contributed by atoms with van der Waals surface area (Å²) in [5.41, 5.74) is 5.24. The molecule has 3 aromatic rings. The second kappa shape index (κ2) is 19.7. The molecule has 0 saturated heterocycles. The molecule has 0 aliphatic heterocycles. The number of hydrogen-bond acceptors (Lipinski definition) is 0. The average molecular weight is 647 g/mol. The molecule has 0 amide bonds. The fourth-order valence-corrected chi connectivity index (χ4v) is 4.95. The molecule has 230 valence electrons. The fourth-order valence-electron chi connectivity index (χ4n) is 4.95. The summed E-state index contributed by atoms with van der Waals surface area (Å²) in [4.78, 5) is 0. The maximum absolute atomic E-state index is 6.12. The smallest absolute Gasteiger partial charge is 0.0589 e. The molecule has 0 aliphatic carbocycles. The highest BCUT2D eigenvalue weighted by molar-refractivity contribution is 6.20. The van der Waals surface area contributed by atoms with Crippen molar-refractivity contribution in [1.29, 1.82) is 0 Å². The lowest BCUT2D eigenvalue weighted by atomic mass is 9.80. The Balaban J connectivity index is 3.08. The zero-order chi connectivity index (χ0) is 37.7. The van der Waals surface area contributed by atoms with Gasteiger partial charge in [0.15, 0.2) is 0 Å². The van der Waals surface area contributed by atoms with Gasteiger partial charge in [-0.05, 0) is 171 Å². The van der Waals surface area contributed by atoms with E-state index in [0.29, 0.717) is 49.7 Å². The molecule has 0 aromatic heterocycles. The lowest BCUT2D eigenvalue weighted by molar-refractivity contribution is 1.42. The Morgan fingerprint density at radius 3 is 1.33 bits per heavy atom. The van der Waals surface area contributed by atoms with Crippen LogP contribution in [0.3, 0.4) is 0 Å². The largest absolute Gasteiger partial charge is 0.115 e. The second-order valence-electron chi connectivity index (χ2n) is 9.80. The third kappa shape index (κ3) is 8.73. The van der Waals surface area contributed by atoms with Gasteiger partial charge in [0.05, 0.1) is 22.3 Å². The van der Waals surface area contributed by atoms with Crippen molar-refractivity contribution < 1.29 is 0 Å². The van der Waals surface area contributed by atoms with Crippen LogP contribution in [0.1, 0.15) is 77.8 Å². The van der Waals surface area contributed by atoms with Crippen LogP contribution in [0.4, 0.5) is 0 Å². The first-order valence-corrected chi connectivity index (χ1v) is 15.2. The predicted octanol–water partition coefficient (Wildman–Crippen LogP) is 6.07. The molecule has 0 bridgehead atoms. The van der Waals surface area contributed by atoms with Crippen LogP contribution < -0.4 is 0 Å². The first-order valence-electron chi connectivity index (χ1n) is 15.2. The molecular weight excluding hydrogens is 625 g/mol. The quantitative estimate of drug-likeness (QED) is 0.206. The maximum Gasteiger partial charge on any atom is 0.0589 e. The topological polar surface area (TPSA) is 0 Å². The highest BCUT2D eigenvalue weighted by Crippen LogP contribution is 2.42. The summed E-state index contributed by atoms with van der Waals surface area (Å²) in [6.45, 7) is 10.7. The van der Waals surface area contributed by atoms with Crippen molar-refractivity contribution in [2.45, 2.75) is 41.5 Å². The van der Waals surface area contributed by atoms with Gasteiger partial charge in [0.2, 0.25) is 0 Å². The number of benzene rings is 3. The van der Waals surface area contributed by atoms with E-state index in [0.717, 1.165) is 21.9 Å². The Kier molecular flexibility index (Phi) is 14.3. The van der Waals surface area contributed by atoms with E-state index < -0.39 is 0 Å². The Morgan fingerprint density at radius 2 is 0.788 bits per heavy atom. The van der Waals surface area contributed by atoms with E-state index in [4.69, 9.17) is 19.3 Å². The Bertz CT molecular complexity index is 3100. The van der Waals surface area contributed by atoms with Crippen LogP contribution >= 0.6 is 0 Å². The van der Waals surface area contributed by atoms with E-state index >= 15 is 0 Å². The standard InChI is InChI=1S/C52H22/c1-10-17-22-25-26-28-31-35-43-41(9)49-39-40(8)42(16-7)46(33-15-6)51(49)52-48(34-21-14-5)45(36-29-20-13-4)44(37-30-24-19-12-3)47(50(43)52)38-32-27-23-18-11-2/h3,5,7,39H,1-2,4,6,8-9H3. The molecule has 3 rings (SSSR count). The third-order valence-electron chi connectivity index (χ3n) is 6.84. The molecule has 3 aromatic carbocycles. The summed E-state index contributed by atoms with van der Waals surface area (Å²) >= 11 is 0. The maximum atomic E-state index is 6.12. The molecule has 0 unspecified atom stereocenters. The Hall–Kier alpha value is -8.86. The SMILES string of the molecule is C#CC#CC#Cc1c(C#CC#CC)c(C#CC#C)c2c(c1C#CC#CC#CC)c(C#CC#CC#CC#CC)c(C)c1cc(C)c(C#C)c(C#CC)c12. The Labute approximate surface area is 309 Å². The third-order valence-corrected chi connectivity index (χ3v) is 6.84. The van der Waals surface area contributed by atoms with Crippen molar-refractivity contribution >= 4 is 21.5 Å². The van der Waals surface area contributed by atoms with Crippen molar-refractivity contribution in [1.82, 2.24) is 0 Å². The zero-order valence-electron chi connectivity index (χ0n) is 29.3. The van der Waals surface area contributed by atoms with Crippen LogP contribution in [0.5, 0.6) is 0 Å². The Morgan fingerprint density at radius 1 is 0.365 bits per heavy atom. The van der Waals surface area contributed by atoms with Crippen molar-refractivity contribution in [3.8, 4) is 191 Å². The van der Waals surface area contributed by atoms with E-state index in [1.54, 1.807) is 27.7 Å². The van der Waals surface area contributed by atoms with E-state index in [9.17, 15) is 0 Å². The lowest BCUT2D eigenvalue weighted by Crippen LogP contribution is -2.04. The van der Waals surface area contributed by atoms with Crippen molar-refractivity contribution in [3.63, 3.8) is 0 Å². The second-order valence-corrected chi connectivity index (χ2v) is 9.80. The highest BCUT2D eigenvalue weighted by Gasteiger charge is 2.25. The highest BCUT2D eigenvalue weighted by atomic mass is 14.2. The van der Waals surface area contributed by atoms with Crippen LogP contribution in [-0.2, 0) is 0 Å². The number of rotatable bonds is 0. The minimum absolute atomic E-state index is 0.394. The van der Waals surface area contributed by atoms with Gasteiger partial charge in [-0.2, -0.15) is 0 Å². The van der Waals surface area contributed by atoms with Gasteiger partial charge in [-0.25, -0.2) is 0 Å². The summed E-state index contributed by atoms with van der Waals surface area (Å²) in [6, 6.07) is 2.02. The van der Waals surface area contributed by atoms with Gasteiger partial charge in [-0.3, -0.25) is 0 Å². The van der Waals surface area contributed by atoms with Crippen molar-refractivity contribution in [2.24, 2.45) is 0 Å². The molecule has 52 heavy (non-hydrogen) atoms. The fraction of sp³-hybridized carbons (Fsp3) is 0.115. The molecule has 0 heterocycles. The zero-order valence-corrected chi connectivity index (χ0v) is 29.3. The van der Waals surface area contributed by atoms with Crippen LogP contribution in [0.15, 0.2) is 6.07 Å². The molecule has 0 heteroatoms. The van der Waals surface area contributed by atoms with Gasteiger partial charge < -0.3 is 0 Å². The monoisotopic (exact) mass is 646 g/mol. The summed E-state index contributed by atoms with van der Waals surface area (Å²) < 4.78 is 0. The molecule has 0 spiro atoms. The number of fused-ring (bicyclic) bond motifs is 3. The van der Waals surface area contributed by atoms with Gasteiger partial charge in [-0.15, -0.1) is 25.2 Å². The van der Waals surface area contributed by atoms with Crippen LogP contribution in [0.25, 0.3) is 21.5 Å². The van der Waals surface area contributed by atoms with Gasteiger partial charge in [0.1, 0.15) is 0 Å². The molecule has 0 saturated carbocycles. The number of aryl methyl sites for hydroxylation is 2. The van der Waals surface area contributed by atoms with Crippen LogP contribution in [0, 0.1) is 205 Å². The first-order chi connectivity index (χ1) is 25.4. The molecule has 0 radical (unpaired) electrons. The van der Waals surface area contributed by atoms with Gasteiger partial charge in [0, 0.05) is 32.8 Å². The lowest BCUT2D eigenvalue weighted by Gasteiger charge is -2.20. The number of hydrogen-bond donors (Lipinski definition) is 0. The summed E-state index contributed by atoms with van der Waals surface area (Å²) in [5.74, 6) is 82.2. The van der Waals surface area contributed by atoms with E-state index in [-0.39, 0.29) is 0 Å². The average Bonchev–Trinajstić information content (AvgIpc) is 3.14. The first kappa shape index (κ1) is 37.6. The minimum atomic E-state index is 0.394. The molecule has 0 aliphatic rings. The minimum Gasteiger partial charge on any atom is -0.115 e. The summed E-state index contributed by atoms with van der Waals surface area (Å²) in [6.07, 6.45) is 17.2. The van der Waals surface area contributed by atoms with Crippen molar-refractivity contribution in [3.05, 3.63) is 56.1 Å². The van der Waals surface area contributed by atoms with Gasteiger partial charge in [-0.1, -0.05) is 59.2 Å². The predicted molar refractivity (Wildman–Crippen MR) is 215 cm³/mol. The van der Waals surface area contributed by atoms with Gasteiger partial charge >= 0.3 is 0 Å². The molecule has 0 atom stereocenters. The van der Waals surface area contributed by atoms with Gasteiger partial charge in [0.25, 0.3) is 0 Å². The molecule has 0 fully saturated rings. The summed E-state index contributed by atoms with van der Waals surface area (Å²) in [5, 5.41) is 2.77. The number of terminal acetylenes is 3. The molecule has 0 nitrogen and oxygen atoms in total.